The molecule has 0 aromatic carbocycles. The molecule has 0 atom stereocenters. The maximum absolute atomic E-state index is 11.4. The third-order valence-electron chi connectivity index (χ3n) is 2.42. The van der Waals surface area contributed by atoms with Gasteiger partial charge in [-0.25, -0.2) is 0 Å². The SMILES string of the molecule is NC(=O)/C=C/C(=O)C1CCCCC1. The molecule has 1 saturated carbocycles. The van der Waals surface area contributed by atoms with Crippen LogP contribution in [0.3, 0.4) is 0 Å². The second-order valence-corrected chi connectivity index (χ2v) is 3.47. The minimum atomic E-state index is -0.552. The van der Waals surface area contributed by atoms with Crippen molar-refractivity contribution >= 4 is 11.7 Å². The molecule has 0 unspecified atom stereocenters. The number of carbonyl (C=O) groups is 2. The van der Waals surface area contributed by atoms with E-state index in [1.54, 1.807) is 0 Å². The average molecular weight is 181 g/mol. The lowest BCUT2D eigenvalue weighted by Gasteiger charge is -2.18. The summed E-state index contributed by atoms with van der Waals surface area (Å²) in [7, 11) is 0. The standard InChI is InChI=1S/C10H15NO2/c11-10(13)7-6-9(12)8-4-2-1-3-5-8/h6-8H,1-5H2,(H2,11,13)/b7-6+. The van der Waals surface area contributed by atoms with Gasteiger partial charge in [0, 0.05) is 12.0 Å². The fourth-order valence-corrected chi connectivity index (χ4v) is 1.69. The highest BCUT2D eigenvalue weighted by atomic mass is 16.1. The van der Waals surface area contributed by atoms with E-state index < -0.39 is 5.91 Å². The minimum absolute atomic E-state index is 0.0542. The van der Waals surface area contributed by atoms with Crippen LogP contribution in [-0.2, 0) is 9.59 Å². The molecule has 0 aromatic heterocycles. The summed E-state index contributed by atoms with van der Waals surface area (Å²) >= 11 is 0. The lowest BCUT2D eigenvalue weighted by atomic mass is 9.86. The molecule has 3 heteroatoms. The lowest BCUT2D eigenvalue weighted by Crippen LogP contribution is -2.16. The van der Waals surface area contributed by atoms with Gasteiger partial charge in [0.2, 0.25) is 5.91 Å². The molecule has 3 nitrogen and oxygen atoms in total. The molecular formula is C10H15NO2. The number of hydrogen-bond acceptors (Lipinski definition) is 2. The van der Waals surface area contributed by atoms with E-state index in [1.165, 1.54) is 12.5 Å². The van der Waals surface area contributed by atoms with Gasteiger partial charge in [0.15, 0.2) is 5.78 Å². The molecule has 0 spiro atoms. The molecule has 1 fully saturated rings. The molecule has 0 heterocycles. The molecule has 0 bridgehead atoms. The molecule has 1 aliphatic carbocycles. The zero-order valence-corrected chi connectivity index (χ0v) is 7.66. The van der Waals surface area contributed by atoms with Crippen molar-refractivity contribution in [1.29, 1.82) is 0 Å². The van der Waals surface area contributed by atoms with Crippen LogP contribution in [0.4, 0.5) is 0 Å². The zero-order valence-electron chi connectivity index (χ0n) is 7.66. The Kier molecular flexibility index (Phi) is 3.68. The van der Waals surface area contributed by atoms with Crippen molar-refractivity contribution in [3.05, 3.63) is 12.2 Å². The molecular weight excluding hydrogens is 166 g/mol. The van der Waals surface area contributed by atoms with E-state index in [2.05, 4.69) is 0 Å². The predicted octanol–water partition coefficient (Wildman–Crippen LogP) is 1.18. The Morgan fingerprint density at radius 1 is 1.08 bits per heavy atom. The van der Waals surface area contributed by atoms with Crippen molar-refractivity contribution < 1.29 is 9.59 Å². The summed E-state index contributed by atoms with van der Waals surface area (Å²) in [5.74, 6) is -0.369. The third-order valence-corrected chi connectivity index (χ3v) is 2.42. The normalized spacial score (nSPS) is 19.1. The lowest BCUT2D eigenvalue weighted by molar-refractivity contribution is -0.119. The first kappa shape index (κ1) is 9.96. The number of allylic oxidation sites excluding steroid dienone is 1. The number of amides is 1. The Labute approximate surface area is 78.0 Å². The van der Waals surface area contributed by atoms with E-state index >= 15 is 0 Å². The highest BCUT2D eigenvalue weighted by Gasteiger charge is 2.18. The smallest absolute Gasteiger partial charge is 0.241 e. The first-order valence-corrected chi connectivity index (χ1v) is 4.71. The summed E-state index contributed by atoms with van der Waals surface area (Å²) in [6.45, 7) is 0. The highest BCUT2D eigenvalue weighted by Crippen LogP contribution is 2.24. The summed E-state index contributed by atoms with van der Waals surface area (Å²) in [5.41, 5.74) is 4.89. The molecule has 0 radical (unpaired) electrons. The summed E-state index contributed by atoms with van der Waals surface area (Å²) < 4.78 is 0. The first-order valence-electron chi connectivity index (χ1n) is 4.71. The number of hydrogen-bond donors (Lipinski definition) is 1. The molecule has 72 valence electrons. The Balaban J connectivity index is 2.41. The van der Waals surface area contributed by atoms with E-state index in [9.17, 15) is 9.59 Å². The van der Waals surface area contributed by atoms with Crippen LogP contribution in [0.5, 0.6) is 0 Å². The first-order chi connectivity index (χ1) is 6.20. The van der Waals surface area contributed by atoms with Gasteiger partial charge >= 0.3 is 0 Å². The van der Waals surface area contributed by atoms with E-state index in [4.69, 9.17) is 5.73 Å². The maximum atomic E-state index is 11.4. The van der Waals surface area contributed by atoms with Gasteiger partial charge in [-0.3, -0.25) is 9.59 Å². The van der Waals surface area contributed by atoms with Crippen molar-refractivity contribution in [2.75, 3.05) is 0 Å². The van der Waals surface area contributed by atoms with Crippen LogP contribution < -0.4 is 5.73 Å². The molecule has 2 N–H and O–H groups in total. The fraction of sp³-hybridized carbons (Fsp3) is 0.600. The van der Waals surface area contributed by atoms with Gasteiger partial charge in [-0.1, -0.05) is 19.3 Å². The zero-order chi connectivity index (χ0) is 9.68. The summed E-state index contributed by atoms with van der Waals surface area (Å²) in [5, 5.41) is 0. The van der Waals surface area contributed by atoms with Crippen LogP contribution in [-0.4, -0.2) is 11.7 Å². The van der Waals surface area contributed by atoms with Crippen molar-refractivity contribution in [3.8, 4) is 0 Å². The Hall–Kier alpha value is -1.12. The van der Waals surface area contributed by atoms with Crippen LogP contribution in [0.25, 0.3) is 0 Å². The molecule has 0 aliphatic heterocycles. The monoisotopic (exact) mass is 181 g/mol. The Bertz CT molecular complexity index is 227. The van der Waals surface area contributed by atoms with Gasteiger partial charge in [0.1, 0.15) is 0 Å². The van der Waals surface area contributed by atoms with Gasteiger partial charge in [-0.05, 0) is 18.9 Å². The Morgan fingerprint density at radius 2 is 1.69 bits per heavy atom. The van der Waals surface area contributed by atoms with Crippen LogP contribution in [0, 0.1) is 5.92 Å². The molecule has 0 saturated heterocycles. The van der Waals surface area contributed by atoms with Gasteiger partial charge in [0.05, 0.1) is 0 Å². The van der Waals surface area contributed by atoms with Crippen LogP contribution in [0.15, 0.2) is 12.2 Å². The summed E-state index contributed by atoms with van der Waals surface area (Å²) in [4.78, 5) is 21.8. The predicted molar refractivity (Wildman–Crippen MR) is 49.9 cm³/mol. The van der Waals surface area contributed by atoms with Crippen molar-refractivity contribution in [2.24, 2.45) is 11.7 Å². The van der Waals surface area contributed by atoms with Crippen molar-refractivity contribution in [1.82, 2.24) is 0 Å². The van der Waals surface area contributed by atoms with E-state index in [0.717, 1.165) is 31.8 Å². The Morgan fingerprint density at radius 3 is 2.23 bits per heavy atom. The van der Waals surface area contributed by atoms with Gasteiger partial charge < -0.3 is 5.73 Å². The summed E-state index contributed by atoms with van der Waals surface area (Å²) in [6, 6.07) is 0. The largest absolute Gasteiger partial charge is 0.366 e. The molecule has 0 aromatic rings. The van der Waals surface area contributed by atoms with E-state index in [0.29, 0.717) is 0 Å². The van der Waals surface area contributed by atoms with E-state index in [1.807, 2.05) is 0 Å². The quantitative estimate of drug-likeness (QED) is 0.664. The van der Waals surface area contributed by atoms with Gasteiger partial charge in [-0.15, -0.1) is 0 Å². The number of carbonyl (C=O) groups excluding carboxylic acids is 2. The number of ketones is 1. The molecule has 13 heavy (non-hydrogen) atoms. The maximum Gasteiger partial charge on any atom is 0.241 e. The van der Waals surface area contributed by atoms with Crippen LogP contribution in [0.2, 0.25) is 0 Å². The fourth-order valence-electron chi connectivity index (χ4n) is 1.69. The van der Waals surface area contributed by atoms with Gasteiger partial charge in [0.25, 0.3) is 0 Å². The van der Waals surface area contributed by atoms with E-state index in [-0.39, 0.29) is 11.7 Å². The van der Waals surface area contributed by atoms with Crippen molar-refractivity contribution in [3.63, 3.8) is 0 Å². The highest BCUT2D eigenvalue weighted by molar-refractivity contribution is 5.98. The number of rotatable bonds is 3. The molecule has 1 aliphatic rings. The second kappa shape index (κ2) is 4.80. The topological polar surface area (TPSA) is 60.2 Å². The minimum Gasteiger partial charge on any atom is -0.366 e. The summed E-state index contributed by atoms with van der Waals surface area (Å²) in [6.07, 6.45) is 7.87. The van der Waals surface area contributed by atoms with Crippen molar-refractivity contribution in [2.45, 2.75) is 32.1 Å². The number of nitrogens with two attached hydrogens (primary N) is 1. The third kappa shape index (κ3) is 3.40. The average Bonchev–Trinajstić information content (AvgIpc) is 2.15. The van der Waals surface area contributed by atoms with Crippen LogP contribution in [0.1, 0.15) is 32.1 Å². The van der Waals surface area contributed by atoms with Gasteiger partial charge in [-0.2, -0.15) is 0 Å². The number of primary amides is 1. The molecule has 1 amide bonds. The molecule has 1 rings (SSSR count). The van der Waals surface area contributed by atoms with Crippen LogP contribution >= 0.6 is 0 Å². The second-order valence-electron chi connectivity index (χ2n) is 3.47.